The fraction of sp³-hybridized carbons (Fsp3) is 0.360. The molecule has 1 atom stereocenters. The molecule has 0 aliphatic carbocycles. The fourth-order valence-corrected chi connectivity index (χ4v) is 5.92. The van der Waals surface area contributed by atoms with Crippen LogP contribution in [0.5, 0.6) is 0 Å². The second-order valence-corrected chi connectivity index (χ2v) is 11.3. The van der Waals surface area contributed by atoms with Gasteiger partial charge in [0.1, 0.15) is 15.7 Å². The van der Waals surface area contributed by atoms with Gasteiger partial charge in [-0.05, 0) is 47.9 Å². The van der Waals surface area contributed by atoms with Gasteiger partial charge in [0, 0.05) is 22.7 Å². The average molecular weight is 471 g/mol. The van der Waals surface area contributed by atoms with E-state index in [1.807, 2.05) is 26.0 Å². The summed E-state index contributed by atoms with van der Waals surface area (Å²) >= 11 is 0. The topological polar surface area (TPSA) is 96.1 Å². The van der Waals surface area contributed by atoms with Crippen molar-refractivity contribution < 1.29 is 17.6 Å². The highest BCUT2D eigenvalue weighted by Gasteiger charge is 2.31. The lowest BCUT2D eigenvalue weighted by Gasteiger charge is -2.27. The number of carbonyl (C=O) groups is 1. The molecule has 1 amide bonds. The van der Waals surface area contributed by atoms with E-state index in [0.29, 0.717) is 35.0 Å². The van der Waals surface area contributed by atoms with Crippen LogP contribution in [-0.4, -0.2) is 36.9 Å². The Hall–Kier alpha value is -3.00. The number of benzene rings is 2. The first kappa shape index (κ1) is 23.2. The molecule has 1 aliphatic heterocycles. The van der Waals surface area contributed by atoms with Gasteiger partial charge >= 0.3 is 0 Å². The van der Waals surface area contributed by atoms with Crippen LogP contribution in [0.15, 0.2) is 53.3 Å². The summed E-state index contributed by atoms with van der Waals surface area (Å²) < 4.78 is 37.5. The Bertz CT molecular complexity index is 1350. The van der Waals surface area contributed by atoms with Gasteiger partial charge in [-0.15, -0.1) is 0 Å². The van der Waals surface area contributed by atoms with E-state index in [9.17, 15) is 22.4 Å². The van der Waals surface area contributed by atoms with E-state index in [4.69, 9.17) is 0 Å². The van der Waals surface area contributed by atoms with Crippen LogP contribution in [0.3, 0.4) is 0 Å². The maximum absolute atomic E-state index is 14.2. The summed E-state index contributed by atoms with van der Waals surface area (Å²) in [6, 6.07) is 13.3. The molecule has 1 unspecified atom stereocenters. The van der Waals surface area contributed by atoms with Gasteiger partial charge in [-0.2, -0.15) is 0 Å². The van der Waals surface area contributed by atoms with Gasteiger partial charge in [-0.25, -0.2) is 12.8 Å². The monoisotopic (exact) mass is 470 g/mol. The molecule has 0 spiro atoms. The highest BCUT2D eigenvalue weighted by atomic mass is 32.2. The zero-order valence-electron chi connectivity index (χ0n) is 18.6. The molecule has 6 nitrogen and oxygen atoms in total. The van der Waals surface area contributed by atoms with Crippen molar-refractivity contribution in [3.8, 4) is 11.3 Å². The highest BCUT2D eigenvalue weighted by molar-refractivity contribution is 7.91. The number of amides is 1. The Kier molecular flexibility index (Phi) is 6.38. The number of nitrogens with one attached hydrogen (secondary N) is 2. The first-order valence-corrected chi connectivity index (χ1v) is 12.9. The molecule has 174 valence electrons. The second kappa shape index (κ2) is 9.09. The number of hydrogen-bond donors (Lipinski definition) is 2. The van der Waals surface area contributed by atoms with Crippen molar-refractivity contribution in [3.63, 3.8) is 0 Å². The zero-order chi connectivity index (χ0) is 23.8. The largest absolute Gasteiger partial charge is 0.353 e. The normalized spacial score (nSPS) is 17.2. The predicted octanol–water partition coefficient (Wildman–Crippen LogP) is 3.77. The van der Waals surface area contributed by atoms with Crippen molar-refractivity contribution in [1.82, 2.24) is 10.3 Å². The molecule has 3 aromatic rings. The highest BCUT2D eigenvalue weighted by Crippen LogP contribution is 2.27. The lowest BCUT2D eigenvalue weighted by atomic mass is 9.87. The van der Waals surface area contributed by atoms with E-state index in [2.05, 4.69) is 10.3 Å². The van der Waals surface area contributed by atoms with Gasteiger partial charge in [-0.1, -0.05) is 44.2 Å². The summed E-state index contributed by atoms with van der Waals surface area (Å²) in [4.78, 5) is 28.9. The molecule has 2 heterocycles. The SMILES string of the molecule is CC(C)C(C(=O)NC1CCS(=O)(=O)CC1)c1ccc(-c2ccc3cccc(F)c3c2)[nH]c1=O. The van der Waals surface area contributed by atoms with Crippen LogP contribution < -0.4 is 10.9 Å². The number of halogens is 1. The third-order valence-corrected chi connectivity index (χ3v) is 7.98. The van der Waals surface area contributed by atoms with Crippen molar-refractivity contribution in [1.29, 1.82) is 0 Å². The molecule has 33 heavy (non-hydrogen) atoms. The lowest BCUT2D eigenvalue weighted by molar-refractivity contribution is -0.124. The van der Waals surface area contributed by atoms with Crippen LogP contribution in [0, 0.1) is 11.7 Å². The quantitative estimate of drug-likeness (QED) is 0.593. The summed E-state index contributed by atoms with van der Waals surface area (Å²) in [5.74, 6) is -1.30. The van der Waals surface area contributed by atoms with Crippen molar-refractivity contribution in [2.24, 2.45) is 5.92 Å². The van der Waals surface area contributed by atoms with Crippen LogP contribution in [0.25, 0.3) is 22.0 Å². The van der Waals surface area contributed by atoms with E-state index >= 15 is 0 Å². The molecule has 2 N–H and O–H groups in total. The van der Waals surface area contributed by atoms with Crippen LogP contribution in [0.1, 0.15) is 38.2 Å². The number of hydrogen-bond acceptors (Lipinski definition) is 4. The zero-order valence-corrected chi connectivity index (χ0v) is 19.4. The minimum atomic E-state index is -3.02. The standard InChI is InChI=1S/C25H27FN2O4S/c1-15(2)23(25(30)27-18-10-12-33(31,32)13-11-18)19-8-9-22(28-24(19)29)17-7-6-16-4-3-5-21(26)20(16)14-17/h3-9,14-15,18,23H,10-13H2,1-2H3,(H,27,30)(H,28,29). The predicted molar refractivity (Wildman–Crippen MR) is 127 cm³/mol. The average Bonchev–Trinajstić information content (AvgIpc) is 2.76. The number of aromatic amines is 1. The van der Waals surface area contributed by atoms with E-state index in [0.717, 1.165) is 5.39 Å². The van der Waals surface area contributed by atoms with Crippen molar-refractivity contribution in [3.05, 3.63) is 70.3 Å². The maximum Gasteiger partial charge on any atom is 0.252 e. The molecular formula is C25H27FN2O4S. The van der Waals surface area contributed by atoms with Gasteiger partial charge in [-0.3, -0.25) is 9.59 Å². The molecule has 1 saturated heterocycles. The second-order valence-electron chi connectivity index (χ2n) is 8.99. The van der Waals surface area contributed by atoms with Crippen LogP contribution >= 0.6 is 0 Å². The minimum absolute atomic E-state index is 0.0614. The van der Waals surface area contributed by atoms with E-state index in [-0.39, 0.29) is 40.7 Å². The Morgan fingerprint density at radius 3 is 2.48 bits per heavy atom. The van der Waals surface area contributed by atoms with Crippen LogP contribution in [-0.2, 0) is 14.6 Å². The molecule has 1 aromatic heterocycles. The van der Waals surface area contributed by atoms with Gasteiger partial charge < -0.3 is 10.3 Å². The molecule has 0 bridgehead atoms. The van der Waals surface area contributed by atoms with E-state index in [1.165, 1.54) is 6.07 Å². The van der Waals surface area contributed by atoms with Gasteiger partial charge in [0.2, 0.25) is 5.91 Å². The Morgan fingerprint density at radius 1 is 1.09 bits per heavy atom. The molecule has 1 aliphatic rings. The number of H-pyrrole nitrogens is 1. The third kappa shape index (κ3) is 5.00. The van der Waals surface area contributed by atoms with Crippen molar-refractivity contribution >= 4 is 26.5 Å². The Balaban J connectivity index is 1.59. The fourth-order valence-electron chi connectivity index (χ4n) is 4.43. The van der Waals surface area contributed by atoms with Crippen molar-refractivity contribution in [2.75, 3.05) is 11.5 Å². The smallest absolute Gasteiger partial charge is 0.252 e. The summed E-state index contributed by atoms with van der Waals surface area (Å²) in [7, 11) is -3.02. The summed E-state index contributed by atoms with van der Waals surface area (Å²) in [5.41, 5.74) is 1.18. The summed E-state index contributed by atoms with van der Waals surface area (Å²) in [6.45, 7) is 3.74. The maximum atomic E-state index is 14.2. The number of pyridine rings is 1. The van der Waals surface area contributed by atoms with Crippen molar-refractivity contribution in [2.45, 2.75) is 38.6 Å². The Morgan fingerprint density at radius 2 is 1.82 bits per heavy atom. The first-order chi connectivity index (χ1) is 15.6. The van der Waals surface area contributed by atoms with Gasteiger partial charge in [0.25, 0.3) is 5.56 Å². The summed E-state index contributed by atoms with van der Waals surface area (Å²) in [5, 5.41) is 4.17. The number of fused-ring (bicyclic) bond motifs is 1. The lowest BCUT2D eigenvalue weighted by Crippen LogP contribution is -2.44. The molecule has 8 heteroatoms. The van der Waals surface area contributed by atoms with Crippen LogP contribution in [0.2, 0.25) is 0 Å². The molecule has 0 saturated carbocycles. The number of rotatable bonds is 5. The number of carbonyl (C=O) groups excluding carboxylic acids is 1. The van der Waals surface area contributed by atoms with Crippen LogP contribution in [0.4, 0.5) is 4.39 Å². The molecular weight excluding hydrogens is 443 g/mol. The molecule has 0 radical (unpaired) electrons. The van der Waals surface area contributed by atoms with Gasteiger partial charge in [0.15, 0.2) is 0 Å². The summed E-state index contributed by atoms with van der Waals surface area (Å²) in [6.07, 6.45) is 0.763. The number of sulfone groups is 1. The first-order valence-electron chi connectivity index (χ1n) is 11.1. The minimum Gasteiger partial charge on any atom is -0.353 e. The molecule has 2 aromatic carbocycles. The molecule has 1 fully saturated rings. The number of aromatic nitrogens is 1. The third-order valence-electron chi connectivity index (χ3n) is 6.27. The van der Waals surface area contributed by atoms with E-state index in [1.54, 1.807) is 30.3 Å². The Labute approximate surface area is 192 Å². The van der Waals surface area contributed by atoms with Gasteiger partial charge in [0.05, 0.1) is 17.4 Å². The van der Waals surface area contributed by atoms with E-state index < -0.39 is 15.8 Å². The molecule has 4 rings (SSSR count).